The zero-order chi connectivity index (χ0) is 45.0. The zero-order valence-electron chi connectivity index (χ0n) is 45.0. The maximum Gasteiger partial charge on any atom is -0.0440 e. The van der Waals surface area contributed by atoms with Crippen molar-refractivity contribution in [3.63, 3.8) is 0 Å². The molecule has 0 saturated heterocycles. The number of rotatable bonds is 46. The second kappa shape index (κ2) is 57.0. The third-order valence-corrected chi connectivity index (χ3v) is 14.3. The molecule has 0 rings (SSSR count). The molecule has 0 saturated carbocycles. The van der Waals surface area contributed by atoms with Crippen LogP contribution in [0.15, 0.2) is 0 Å². The number of unbranched alkanes of at least 4 members (excludes halogenated alkanes) is 30. The van der Waals surface area contributed by atoms with Gasteiger partial charge in [-0.1, -0.05) is 352 Å². The van der Waals surface area contributed by atoms with Crippen molar-refractivity contribution in [2.24, 2.45) is 29.6 Å². The molecule has 0 amide bonds. The lowest BCUT2D eigenvalue weighted by Crippen LogP contribution is -2.03. The van der Waals surface area contributed by atoms with E-state index < -0.39 is 0 Å². The van der Waals surface area contributed by atoms with Crippen LogP contribution in [0.1, 0.15) is 359 Å². The van der Waals surface area contributed by atoms with E-state index >= 15 is 0 Å². The van der Waals surface area contributed by atoms with Gasteiger partial charge in [0.1, 0.15) is 0 Å². The van der Waals surface area contributed by atoms with Gasteiger partial charge in [0.25, 0.3) is 0 Å². The van der Waals surface area contributed by atoms with Gasteiger partial charge in [0.15, 0.2) is 0 Å². The van der Waals surface area contributed by atoms with Crippen LogP contribution < -0.4 is 0 Å². The molecule has 5 unspecified atom stereocenters. The van der Waals surface area contributed by atoms with E-state index in [1.54, 1.807) is 0 Å². The summed E-state index contributed by atoms with van der Waals surface area (Å²) in [6.07, 6.45) is 63.9. The monoisotopic (exact) mass is 847 g/mol. The summed E-state index contributed by atoms with van der Waals surface area (Å²) in [5, 5.41) is 0. The fourth-order valence-electron chi connectivity index (χ4n) is 9.25. The van der Waals surface area contributed by atoms with Crippen molar-refractivity contribution < 1.29 is 0 Å². The van der Waals surface area contributed by atoms with Crippen molar-refractivity contribution in [3.05, 3.63) is 0 Å². The Kier molecular flexibility index (Phi) is 61.1. The molecule has 0 N–H and O–H groups in total. The molecule has 0 aliphatic rings. The zero-order valence-corrected chi connectivity index (χ0v) is 45.0. The molecule has 5 atom stereocenters. The molecule has 0 heteroatoms. The second-order valence-electron chi connectivity index (χ2n) is 21.3. The Morgan fingerprint density at radius 3 is 0.633 bits per heavy atom. The van der Waals surface area contributed by atoms with E-state index in [9.17, 15) is 0 Å². The molecule has 0 nitrogen and oxygen atoms in total. The molecule has 0 bridgehead atoms. The van der Waals surface area contributed by atoms with Crippen LogP contribution in [0.25, 0.3) is 0 Å². The van der Waals surface area contributed by atoms with Crippen molar-refractivity contribution in [2.45, 2.75) is 359 Å². The lowest BCUT2D eigenvalue weighted by atomic mass is 9.90. The first-order valence-electron chi connectivity index (χ1n) is 29.2. The van der Waals surface area contributed by atoms with E-state index in [0.717, 1.165) is 29.6 Å². The van der Waals surface area contributed by atoms with Crippen molar-refractivity contribution in [2.75, 3.05) is 0 Å². The highest BCUT2D eigenvalue weighted by Crippen LogP contribution is 2.23. The van der Waals surface area contributed by atoms with E-state index in [1.807, 2.05) is 0 Å². The quantitative estimate of drug-likeness (QED) is 0.0536. The van der Waals surface area contributed by atoms with Gasteiger partial charge in [0.2, 0.25) is 0 Å². The molecule has 0 aliphatic carbocycles. The minimum absolute atomic E-state index is 0.940. The smallest absolute Gasteiger partial charge is 0.0440 e. The van der Waals surface area contributed by atoms with Gasteiger partial charge in [-0.15, -0.1) is 0 Å². The Morgan fingerprint density at radius 2 is 0.383 bits per heavy atom. The highest BCUT2D eigenvalue weighted by molar-refractivity contribution is 4.61. The molecule has 0 spiro atoms. The molecular weight excluding hydrogens is 721 g/mol. The maximum atomic E-state index is 2.47. The van der Waals surface area contributed by atoms with Crippen molar-refractivity contribution >= 4 is 0 Å². The highest BCUT2D eigenvalue weighted by atomic mass is 14.1. The first-order valence-corrected chi connectivity index (χ1v) is 29.2. The molecule has 0 aromatic heterocycles. The van der Waals surface area contributed by atoms with Gasteiger partial charge in [-0.05, 0) is 36.0 Å². The van der Waals surface area contributed by atoms with Gasteiger partial charge in [0.05, 0.1) is 0 Å². The van der Waals surface area contributed by atoms with Crippen molar-refractivity contribution in [1.29, 1.82) is 0 Å². The van der Waals surface area contributed by atoms with Crippen LogP contribution in [0.4, 0.5) is 0 Å². The normalized spacial score (nSPS) is 13.8. The number of hydrogen-bond acceptors (Lipinski definition) is 0. The molecule has 0 fully saturated rings. The van der Waals surface area contributed by atoms with Crippen LogP contribution in [-0.4, -0.2) is 0 Å². The van der Waals surface area contributed by atoms with Gasteiger partial charge < -0.3 is 0 Å². The predicted octanol–water partition coefficient (Wildman–Crippen LogP) is 23.4. The van der Waals surface area contributed by atoms with Gasteiger partial charge in [0, 0.05) is 0 Å². The van der Waals surface area contributed by atoms with Crippen LogP contribution in [0.5, 0.6) is 0 Å². The van der Waals surface area contributed by atoms with Crippen LogP contribution >= 0.6 is 0 Å². The maximum absolute atomic E-state index is 2.47. The second-order valence-corrected chi connectivity index (χ2v) is 21.3. The van der Waals surface area contributed by atoms with E-state index in [1.165, 1.54) is 283 Å². The molecule has 0 aliphatic heterocycles. The summed E-state index contributed by atoms with van der Waals surface area (Å²) in [6, 6.07) is 0. The van der Waals surface area contributed by atoms with E-state index in [2.05, 4.69) is 76.2 Å². The average molecular weight is 848 g/mol. The molecule has 366 valence electrons. The van der Waals surface area contributed by atoms with Crippen molar-refractivity contribution in [3.8, 4) is 0 Å². The lowest BCUT2D eigenvalue weighted by Gasteiger charge is -2.16. The van der Waals surface area contributed by atoms with Gasteiger partial charge in [-0.2, -0.15) is 0 Å². The molecular formula is C60H126. The Balaban J connectivity index is -0.000000826. The summed E-state index contributed by atoms with van der Waals surface area (Å²) < 4.78 is 0. The predicted molar refractivity (Wildman–Crippen MR) is 283 cm³/mol. The van der Waals surface area contributed by atoms with Gasteiger partial charge >= 0.3 is 0 Å². The summed E-state index contributed by atoms with van der Waals surface area (Å²) in [7, 11) is 0. The summed E-state index contributed by atoms with van der Waals surface area (Å²) >= 11 is 0. The minimum atomic E-state index is 0.940. The standard InChI is InChI=1S/C23H48.C21H44.C16H34/c1-6-17-22(4)20-23(5)19-16-14-12-10-8-9-11-13-15-18-21(3)7-2;1-5-7-8-9-10-11-12-14-18-21(4)19-16-13-15-17-20(3)6-2;1-3-5-7-9-11-13-15-16-14-12-10-8-6-4-2/h21-23H,6-20H2,1-5H3;20-21H,5-19H2,1-4H3;3-16H2,1-2H3. The van der Waals surface area contributed by atoms with Crippen LogP contribution in [0.3, 0.4) is 0 Å². The third kappa shape index (κ3) is 60.1. The van der Waals surface area contributed by atoms with E-state index in [4.69, 9.17) is 0 Å². The van der Waals surface area contributed by atoms with Crippen LogP contribution in [0, 0.1) is 29.6 Å². The fraction of sp³-hybridized carbons (Fsp3) is 1.00. The van der Waals surface area contributed by atoms with E-state index in [0.29, 0.717) is 0 Å². The van der Waals surface area contributed by atoms with Crippen LogP contribution in [0.2, 0.25) is 0 Å². The summed E-state index contributed by atoms with van der Waals surface area (Å²) in [5.74, 6) is 4.74. The fourth-order valence-corrected chi connectivity index (χ4v) is 9.25. The average Bonchev–Trinajstić information content (AvgIpc) is 3.24. The Labute approximate surface area is 386 Å². The third-order valence-electron chi connectivity index (χ3n) is 14.3. The molecule has 60 heavy (non-hydrogen) atoms. The summed E-state index contributed by atoms with van der Waals surface area (Å²) in [5.41, 5.74) is 0. The molecule has 0 aromatic rings. The summed E-state index contributed by atoms with van der Waals surface area (Å²) in [6.45, 7) is 26.0. The highest BCUT2D eigenvalue weighted by Gasteiger charge is 2.08. The lowest BCUT2D eigenvalue weighted by molar-refractivity contribution is 0.364. The van der Waals surface area contributed by atoms with Gasteiger partial charge in [-0.25, -0.2) is 0 Å². The topological polar surface area (TPSA) is 0 Å². The minimum Gasteiger partial charge on any atom is -0.0654 e. The Morgan fingerprint density at radius 1 is 0.183 bits per heavy atom. The Bertz CT molecular complexity index is 680. The SMILES string of the molecule is CCCC(C)CC(C)CCCCCCCCCCCC(C)CC.CCCCCCCCCCC(C)CCCCCC(C)CC.CCCCCCCCCCCCCCCC. The Hall–Kier alpha value is 0. The van der Waals surface area contributed by atoms with Gasteiger partial charge in [-0.3, -0.25) is 0 Å². The first-order chi connectivity index (χ1) is 29.2. The van der Waals surface area contributed by atoms with Crippen LogP contribution in [-0.2, 0) is 0 Å². The molecule has 0 heterocycles. The first kappa shape index (κ1) is 64.3. The number of hydrogen-bond donors (Lipinski definition) is 0. The molecule has 0 radical (unpaired) electrons. The molecule has 0 aromatic carbocycles. The summed E-state index contributed by atoms with van der Waals surface area (Å²) in [4.78, 5) is 0. The largest absolute Gasteiger partial charge is 0.0654 e. The van der Waals surface area contributed by atoms with E-state index in [-0.39, 0.29) is 0 Å². The van der Waals surface area contributed by atoms with Crippen molar-refractivity contribution in [1.82, 2.24) is 0 Å².